The SMILES string of the molecule is O=C(OCC(F)(F)S(=O)(=O)O)C1C2c3ccccc3C(c3ccccc32)C1C(=O)Oc1c(I)cc(I)cc1I. The van der Waals surface area contributed by atoms with Crippen molar-refractivity contribution >= 4 is 89.8 Å². The van der Waals surface area contributed by atoms with Gasteiger partial charge in [-0.25, -0.2) is 0 Å². The highest BCUT2D eigenvalue weighted by Crippen LogP contribution is 2.59. The van der Waals surface area contributed by atoms with Crippen molar-refractivity contribution in [3.8, 4) is 5.75 Å². The van der Waals surface area contributed by atoms with E-state index in [2.05, 4.69) is 22.6 Å². The number of fused-ring (bicyclic) bond motifs is 1. The Kier molecular flexibility index (Phi) is 8.02. The third-order valence-electron chi connectivity index (χ3n) is 6.91. The summed E-state index contributed by atoms with van der Waals surface area (Å²) >= 11 is 6.23. The lowest BCUT2D eigenvalue weighted by molar-refractivity contribution is -0.163. The van der Waals surface area contributed by atoms with Crippen LogP contribution in [0.25, 0.3) is 0 Å². The van der Waals surface area contributed by atoms with Gasteiger partial charge in [0.05, 0.1) is 19.0 Å². The number of hydrogen-bond acceptors (Lipinski definition) is 6. The maximum absolute atomic E-state index is 14.0. The van der Waals surface area contributed by atoms with Crippen molar-refractivity contribution in [1.82, 2.24) is 0 Å². The van der Waals surface area contributed by atoms with Crippen molar-refractivity contribution in [2.75, 3.05) is 6.61 Å². The van der Waals surface area contributed by atoms with E-state index in [-0.39, 0.29) is 0 Å². The van der Waals surface area contributed by atoms with E-state index in [9.17, 15) is 26.8 Å². The minimum atomic E-state index is -5.82. The molecule has 7 nitrogen and oxygen atoms in total. The quantitative estimate of drug-likeness (QED) is 0.141. The van der Waals surface area contributed by atoms with E-state index < -0.39 is 57.6 Å². The molecule has 3 aliphatic rings. The van der Waals surface area contributed by atoms with Gasteiger partial charge >= 0.3 is 27.3 Å². The van der Waals surface area contributed by atoms with Crippen LogP contribution in [0.5, 0.6) is 5.75 Å². The molecule has 204 valence electrons. The number of carbonyl (C=O) groups excluding carboxylic acids is 2. The Morgan fingerprint density at radius 3 is 1.64 bits per heavy atom. The van der Waals surface area contributed by atoms with Crippen LogP contribution in [0.15, 0.2) is 60.7 Å². The number of ether oxygens (including phenoxy) is 2. The summed E-state index contributed by atoms with van der Waals surface area (Å²) in [5.41, 5.74) is 3.10. The summed E-state index contributed by atoms with van der Waals surface area (Å²) in [4.78, 5) is 27.4. The molecule has 0 aromatic heterocycles. The van der Waals surface area contributed by atoms with Crippen LogP contribution < -0.4 is 4.74 Å². The van der Waals surface area contributed by atoms with Crippen molar-refractivity contribution in [3.05, 3.63) is 93.6 Å². The fourth-order valence-corrected chi connectivity index (χ4v) is 9.38. The van der Waals surface area contributed by atoms with E-state index >= 15 is 0 Å². The molecule has 0 saturated carbocycles. The standard InChI is InChI=1S/C26H17F2I3O7S/c27-26(28,39(34,35)36)11-37-24(32)21-19-13-5-1-3-7-15(13)20(16-8-4-2-6-14(16)19)22(21)25(33)38-23-17(30)9-12(29)10-18(23)31/h1-10,19-22H,11H2,(H,34,35,36). The Labute approximate surface area is 263 Å². The largest absolute Gasteiger partial charge is 0.458 e. The topological polar surface area (TPSA) is 107 Å². The lowest BCUT2D eigenvalue weighted by atomic mass is 9.54. The molecule has 3 aromatic rings. The Morgan fingerprint density at radius 1 is 0.821 bits per heavy atom. The van der Waals surface area contributed by atoms with Crippen LogP contribution in [0.3, 0.4) is 0 Å². The van der Waals surface area contributed by atoms with Gasteiger partial charge in [-0.1, -0.05) is 48.5 Å². The van der Waals surface area contributed by atoms with Gasteiger partial charge in [0, 0.05) is 15.4 Å². The summed E-state index contributed by atoms with van der Waals surface area (Å²) in [7, 11) is -5.82. The summed E-state index contributed by atoms with van der Waals surface area (Å²) in [6.07, 6.45) is 0. The number of rotatable bonds is 6. The van der Waals surface area contributed by atoms with Crippen LogP contribution in [-0.2, 0) is 24.4 Å². The second kappa shape index (κ2) is 10.8. The van der Waals surface area contributed by atoms with Crippen LogP contribution in [0.2, 0.25) is 0 Å². The van der Waals surface area contributed by atoms with Crippen molar-refractivity contribution < 1.29 is 40.8 Å². The molecule has 0 saturated heterocycles. The number of hydrogen-bond donors (Lipinski definition) is 1. The Morgan fingerprint density at radius 2 is 1.23 bits per heavy atom. The molecular weight excluding hydrogens is 875 g/mol. The van der Waals surface area contributed by atoms with E-state index in [1.54, 1.807) is 12.1 Å². The number of esters is 2. The second-order valence-corrected chi connectivity index (χ2v) is 14.2. The predicted octanol–water partition coefficient (Wildman–Crippen LogP) is 5.95. The molecule has 0 aliphatic heterocycles. The third-order valence-corrected chi connectivity index (χ3v) is 10.0. The van der Waals surface area contributed by atoms with Crippen molar-refractivity contribution in [3.63, 3.8) is 0 Å². The highest BCUT2D eigenvalue weighted by atomic mass is 127. The van der Waals surface area contributed by atoms with Crippen LogP contribution in [0, 0.1) is 22.5 Å². The van der Waals surface area contributed by atoms with E-state index in [1.807, 2.05) is 93.7 Å². The molecule has 0 radical (unpaired) electrons. The molecule has 0 spiro atoms. The molecule has 0 heterocycles. The highest BCUT2D eigenvalue weighted by Gasteiger charge is 2.57. The first-order valence-electron chi connectivity index (χ1n) is 11.4. The smallest absolute Gasteiger partial charge is 0.402 e. The maximum Gasteiger partial charge on any atom is 0.402 e. The van der Waals surface area contributed by atoms with Gasteiger partial charge in [0.25, 0.3) is 0 Å². The fourth-order valence-electron chi connectivity index (χ4n) is 5.36. The van der Waals surface area contributed by atoms with E-state index in [0.29, 0.717) is 12.9 Å². The molecular formula is C26H17F2I3O7S. The number of halogens is 5. The molecule has 2 atom stereocenters. The lowest BCUT2D eigenvalue weighted by Gasteiger charge is -2.48. The van der Waals surface area contributed by atoms with Gasteiger partial charge in [-0.3, -0.25) is 14.1 Å². The molecule has 0 amide bonds. The zero-order chi connectivity index (χ0) is 28.3. The van der Waals surface area contributed by atoms with Gasteiger partial charge in [0.2, 0.25) is 0 Å². The minimum Gasteiger partial charge on any atom is -0.458 e. The van der Waals surface area contributed by atoms with E-state index in [0.717, 1.165) is 25.8 Å². The van der Waals surface area contributed by atoms with Crippen LogP contribution in [0.4, 0.5) is 8.78 Å². The summed E-state index contributed by atoms with van der Waals surface area (Å²) in [6, 6.07) is 18.2. The van der Waals surface area contributed by atoms with Gasteiger partial charge in [0.1, 0.15) is 0 Å². The van der Waals surface area contributed by atoms with Crippen molar-refractivity contribution in [2.24, 2.45) is 11.8 Å². The van der Waals surface area contributed by atoms with Gasteiger partial charge < -0.3 is 9.47 Å². The van der Waals surface area contributed by atoms with Gasteiger partial charge in [-0.2, -0.15) is 17.2 Å². The molecule has 13 heteroatoms. The normalized spacial score (nSPS) is 21.6. The Balaban J connectivity index is 1.61. The summed E-state index contributed by atoms with van der Waals surface area (Å²) in [6.45, 7) is -1.89. The Bertz CT molecular complexity index is 1540. The minimum absolute atomic E-state index is 0.314. The zero-order valence-electron chi connectivity index (χ0n) is 19.5. The zero-order valence-corrected chi connectivity index (χ0v) is 26.8. The molecule has 3 aromatic carbocycles. The van der Waals surface area contributed by atoms with Gasteiger partial charge in [0.15, 0.2) is 12.4 Å². The summed E-state index contributed by atoms with van der Waals surface area (Å²) in [5.74, 6) is -5.44. The average molecular weight is 892 g/mol. The van der Waals surface area contributed by atoms with Crippen molar-refractivity contribution in [1.29, 1.82) is 0 Å². The second-order valence-electron chi connectivity index (χ2n) is 9.10. The van der Waals surface area contributed by atoms with Crippen LogP contribution in [-0.4, -0.2) is 36.8 Å². The number of alkyl halides is 2. The fraction of sp³-hybridized carbons (Fsp3) is 0.231. The van der Waals surface area contributed by atoms with Crippen molar-refractivity contribution in [2.45, 2.75) is 17.1 Å². The molecule has 39 heavy (non-hydrogen) atoms. The average Bonchev–Trinajstić information content (AvgIpc) is 2.88. The number of carbonyl (C=O) groups is 2. The van der Waals surface area contributed by atoms with Gasteiger partial charge in [-0.15, -0.1) is 0 Å². The summed E-state index contributed by atoms with van der Waals surface area (Å²) in [5, 5.41) is -4.71. The molecule has 2 bridgehead atoms. The molecule has 6 rings (SSSR count). The highest BCUT2D eigenvalue weighted by molar-refractivity contribution is 14.1. The predicted molar refractivity (Wildman–Crippen MR) is 161 cm³/mol. The first kappa shape index (κ1) is 29.1. The first-order valence-corrected chi connectivity index (χ1v) is 16.0. The molecule has 3 aliphatic carbocycles. The summed E-state index contributed by atoms with van der Waals surface area (Å²) < 4.78 is 72.0. The maximum atomic E-state index is 14.0. The number of benzene rings is 3. The Hall–Kier alpha value is -1.44. The molecule has 1 N–H and O–H groups in total. The van der Waals surface area contributed by atoms with E-state index in [4.69, 9.17) is 14.0 Å². The van der Waals surface area contributed by atoms with Crippen LogP contribution >= 0.6 is 67.8 Å². The first-order chi connectivity index (χ1) is 18.3. The third kappa shape index (κ3) is 5.21. The van der Waals surface area contributed by atoms with E-state index in [1.165, 1.54) is 0 Å². The van der Waals surface area contributed by atoms with Crippen LogP contribution in [0.1, 0.15) is 34.1 Å². The molecule has 2 unspecified atom stereocenters. The monoisotopic (exact) mass is 892 g/mol. The molecule has 0 fully saturated rings. The lowest BCUT2D eigenvalue weighted by Crippen LogP contribution is -2.49. The van der Waals surface area contributed by atoms with Gasteiger partial charge in [-0.05, 0) is 102 Å².